The minimum absolute atomic E-state index is 0.122. The molecule has 2 N–H and O–H groups in total. The molecule has 1 heterocycles. The Balaban J connectivity index is 2.72. The first-order chi connectivity index (χ1) is 8.54. The Bertz CT molecular complexity index is 662. The van der Waals surface area contributed by atoms with Crippen LogP contribution in [0.3, 0.4) is 0 Å². The first-order valence-electron chi connectivity index (χ1n) is 4.81. The molecule has 2 aromatic rings. The Labute approximate surface area is 119 Å². The summed E-state index contributed by atoms with van der Waals surface area (Å²) in [4.78, 5) is 7.32. The second-order valence-electron chi connectivity index (χ2n) is 3.46. The van der Waals surface area contributed by atoms with Gasteiger partial charge in [0.1, 0.15) is 5.82 Å². The molecule has 1 aromatic carbocycles. The molecular weight excluding hydrogens is 293 g/mol. The zero-order chi connectivity index (χ0) is 13.3. The molecule has 0 spiro atoms. The van der Waals surface area contributed by atoms with Crippen LogP contribution in [0.5, 0.6) is 0 Å². The molecule has 0 aliphatic carbocycles. The van der Waals surface area contributed by atoms with Crippen molar-refractivity contribution in [2.75, 3.05) is 5.73 Å². The van der Waals surface area contributed by atoms with Gasteiger partial charge in [-0.25, -0.2) is 9.83 Å². The van der Waals surface area contributed by atoms with Crippen LogP contribution in [0.25, 0.3) is 16.0 Å². The molecule has 0 atom stereocenters. The molecule has 0 saturated heterocycles. The Hall–Kier alpha value is -1.47. The molecule has 0 aliphatic rings. The Kier molecular flexibility index (Phi) is 3.63. The Morgan fingerprint density at radius 2 is 1.89 bits per heavy atom. The lowest BCUT2D eigenvalue weighted by Gasteiger charge is -2.09. The number of nitrogens with zero attached hydrogens (tertiary/aromatic N) is 2. The normalized spacial score (nSPS) is 10.1. The summed E-state index contributed by atoms with van der Waals surface area (Å²) in [6, 6.07) is 4.99. The number of rotatable bonds is 1. The van der Waals surface area contributed by atoms with Gasteiger partial charge in [-0.1, -0.05) is 40.9 Å². The van der Waals surface area contributed by atoms with E-state index in [4.69, 9.17) is 47.1 Å². The van der Waals surface area contributed by atoms with E-state index in [1.807, 2.05) is 0 Å². The fourth-order valence-corrected chi connectivity index (χ4v) is 2.21. The summed E-state index contributed by atoms with van der Waals surface area (Å²) >= 11 is 17.9. The van der Waals surface area contributed by atoms with Crippen LogP contribution in [0.2, 0.25) is 15.1 Å². The Morgan fingerprint density at radius 1 is 1.17 bits per heavy atom. The average molecular weight is 299 g/mol. The van der Waals surface area contributed by atoms with Crippen molar-refractivity contribution in [1.82, 2.24) is 4.98 Å². The van der Waals surface area contributed by atoms with Crippen LogP contribution in [-0.4, -0.2) is 4.98 Å². The van der Waals surface area contributed by atoms with Crippen molar-refractivity contribution in [3.63, 3.8) is 0 Å². The highest BCUT2D eigenvalue weighted by Gasteiger charge is 2.15. The molecular formula is C12H6Cl3N3. The van der Waals surface area contributed by atoms with E-state index in [0.717, 1.165) is 0 Å². The van der Waals surface area contributed by atoms with Gasteiger partial charge in [-0.3, -0.25) is 0 Å². The predicted molar refractivity (Wildman–Crippen MR) is 75.4 cm³/mol. The van der Waals surface area contributed by atoms with Crippen LogP contribution in [-0.2, 0) is 0 Å². The summed E-state index contributed by atoms with van der Waals surface area (Å²) in [5, 5.41) is 1.08. The predicted octanol–water partition coefficient (Wildman–Crippen LogP) is 4.84. The van der Waals surface area contributed by atoms with Gasteiger partial charge >= 0.3 is 0 Å². The fraction of sp³-hybridized carbons (Fsp3) is 0. The van der Waals surface area contributed by atoms with Gasteiger partial charge in [0.2, 0.25) is 5.69 Å². The SMILES string of the molecule is [C-]#[N+]c1c(-c2ccc(Cl)cc2Cl)cnc(N)c1Cl. The minimum Gasteiger partial charge on any atom is -0.384 e. The van der Waals surface area contributed by atoms with Crippen LogP contribution in [0.4, 0.5) is 11.5 Å². The highest BCUT2D eigenvalue weighted by atomic mass is 35.5. The van der Waals surface area contributed by atoms with Gasteiger partial charge in [0.15, 0.2) is 0 Å². The van der Waals surface area contributed by atoms with Crippen molar-refractivity contribution >= 4 is 46.3 Å². The lowest BCUT2D eigenvalue weighted by molar-refractivity contribution is 1.34. The molecule has 1 aromatic heterocycles. The van der Waals surface area contributed by atoms with E-state index in [2.05, 4.69) is 9.83 Å². The number of halogens is 3. The van der Waals surface area contributed by atoms with E-state index in [0.29, 0.717) is 21.2 Å². The minimum atomic E-state index is 0.122. The molecule has 0 unspecified atom stereocenters. The van der Waals surface area contributed by atoms with E-state index in [9.17, 15) is 0 Å². The maximum absolute atomic E-state index is 7.17. The molecule has 18 heavy (non-hydrogen) atoms. The number of anilines is 1. The number of nitrogens with two attached hydrogens (primary N) is 1. The van der Waals surface area contributed by atoms with Gasteiger partial charge in [0, 0.05) is 21.8 Å². The van der Waals surface area contributed by atoms with Gasteiger partial charge in [0.25, 0.3) is 0 Å². The molecule has 0 bridgehead atoms. The highest BCUT2D eigenvalue weighted by Crippen LogP contribution is 2.41. The summed E-state index contributed by atoms with van der Waals surface area (Å²) < 4.78 is 0. The van der Waals surface area contributed by atoms with Crippen molar-refractivity contribution in [1.29, 1.82) is 0 Å². The van der Waals surface area contributed by atoms with Crippen LogP contribution in [0, 0.1) is 6.57 Å². The van der Waals surface area contributed by atoms with Gasteiger partial charge in [-0.05, 0) is 17.7 Å². The van der Waals surface area contributed by atoms with E-state index >= 15 is 0 Å². The third-order valence-electron chi connectivity index (χ3n) is 2.35. The molecule has 2 rings (SSSR count). The second kappa shape index (κ2) is 5.03. The second-order valence-corrected chi connectivity index (χ2v) is 4.68. The van der Waals surface area contributed by atoms with Crippen molar-refractivity contribution in [2.24, 2.45) is 0 Å². The van der Waals surface area contributed by atoms with Crippen molar-refractivity contribution < 1.29 is 0 Å². The molecule has 0 saturated carbocycles. The first-order valence-corrected chi connectivity index (χ1v) is 5.95. The van der Waals surface area contributed by atoms with Crippen molar-refractivity contribution in [3.8, 4) is 11.1 Å². The summed E-state index contributed by atoms with van der Waals surface area (Å²) in [5.74, 6) is 0.122. The lowest BCUT2D eigenvalue weighted by atomic mass is 10.1. The van der Waals surface area contributed by atoms with Gasteiger partial charge in [-0.15, -0.1) is 0 Å². The van der Waals surface area contributed by atoms with Crippen LogP contribution in [0.15, 0.2) is 24.4 Å². The first kappa shape index (κ1) is 13.0. The maximum Gasteiger partial charge on any atom is 0.218 e. The third kappa shape index (κ3) is 2.23. The number of nitrogen functional groups attached to an aromatic ring is 1. The molecule has 0 amide bonds. The molecule has 6 heteroatoms. The smallest absolute Gasteiger partial charge is 0.218 e. The van der Waals surface area contributed by atoms with Gasteiger partial charge in [0.05, 0.1) is 11.6 Å². The summed E-state index contributed by atoms with van der Waals surface area (Å²) in [6.45, 7) is 7.17. The third-order valence-corrected chi connectivity index (χ3v) is 3.27. The topological polar surface area (TPSA) is 43.3 Å². The quantitative estimate of drug-likeness (QED) is 0.765. The largest absolute Gasteiger partial charge is 0.384 e. The fourth-order valence-electron chi connectivity index (χ4n) is 1.51. The lowest BCUT2D eigenvalue weighted by Crippen LogP contribution is -1.92. The van der Waals surface area contributed by atoms with E-state index in [-0.39, 0.29) is 16.5 Å². The summed E-state index contributed by atoms with van der Waals surface area (Å²) in [7, 11) is 0. The van der Waals surface area contributed by atoms with Crippen molar-refractivity contribution in [3.05, 3.63) is 50.9 Å². The zero-order valence-corrected chi connectivity index (χ0v) is 11.2. The summed E-state index contributed by atoms with van der Waals surface area (Å²) in [5.41, 5.74) is 6.97. The maximum atomic E-state index is 7.17. The summed E-state index contributed by atoms with van der Waals surface area (Å²) in [6.07, 6.45) is 1.48. The number of aromatic nitrogens is 1. The van der Waals surface area contributed by atoms with E-state index in [1.54, 1.807) is 18.2 Å². The number of benzene rings is 1. The van der Waals surface area contributed by atoms with E-state index in [1.165, 1.54) is 6.20 Å². The Morgan fingerprint density at radius 3 is 2.50 bits per heavy atom. The van der Waals surface area contributed by atoms with Crippen LogP contribution in [0.1, 0.15) is 0 Å². The highest BCUT2D eigenvalue weighted by molar-refractivity contribution is 6.38. The molecule has 0 aliphatic heterocycles. The zero-order valence-electron chi connectivity index (χ0n) is 8.92. The monoisotopic (exact) mass is 297 g/mol. The van der Waals surface area contributed by atoms with Gasteiger partial charge < -0.3 is 5.73 Å². The van der Waals surface area contributed by atoms with E-state index < -0.39 is 0 Å². The van der Waals surface area contributed by atoms with Crippen LogP contribution >= 0.6 is 34.8 Å². The molecule has 0 fully saturated rings. The molecule has 0 radical (unpaired) electrons. The number of pyridine rings is 1. The van der Waals surface area contributed by atoms with Crippen molar-refractivity contribution in [2.45, 2.75) is 0 Å². The number of hydrogen-bond donors (Lipinski definition) is 1. The molecule has 3 nitrogen and oxygen atoms in total. The molecule has 90 valence electrons. The number of hydrogen-bond acceptors (Lipinski definition) is 2. The van der Waals surface area contributed by atoms with Gasteiger partial charge in [-0.2, -0.15) is 0 Å². The average Bonchev–Trinajstić information content (AvgIpc) is 2.33. The standard InChI is InChI=1S/C12H6Cl3N3/c1-17-11-8(5-18-12(16)10(11)15)7-3-2-6(13)4-9(7)14/h2-5H,(H2,16,18). The van der Waals surface area contributed by atoms with Crippen LogP contribution < -0.4 is 5.73 Å².